The maximum atomic E-state index is 13.4. The summed E-state index contributed by atoms with van der Waals surface area (Å²) in [6.07, 6.45) is 0.990. The largest absolute Gasteiger partial charge is 0.355 e. The van der Waals surface area contributed by atoms with Crippen molar-refractivity contribution in [2.24, 2.45) is 0 Å². The van der Waals surface area contributed by atoms with E-state index in [1.807, 2.05) is 31.2 Å². The van der Waals surface area contributed by atoms with Crippen LogP contribution >= 0.6 is 23.2 Å². The van der Waals surface area contributed by atoms with E-state index in [0.29, 0.717) is 11.6 Å². The van der Waals surface area contributed by atoms with Crippen molar-refractivity contribution in [2.45, 2.75) is 33.4 Å². The van der Waals surface area contributed by atoms with Gasteiger partial charge < -0.3 is 10.2 Å². The van der Waals surface area contributed by atoms with E-state index in [1.54, 1.807) is 13.8 Å². The first-order valence-electron chi connectivity index (χ1n) is 10.00. The number of amides is 2. The fraction of sp³-hybridized carbons (Fsp3) is 0.364. The van der Waals surface area contributed by atoms with E-state index < -0.39 is 28.5 Å². The second kappa shape index (κ2) is 11.0. The maximum Gasteiger partial charge on any atom is 0.244 e. The zero-order chi connectivity index (χ0) is 24.1. The van der Waals surface area contributed by atoms with Crippen molar-refractivity contribution < 1.29 is 18.0 Å². The topological polar surface area (TPSA) is 86.8 Å². The highest BCUT2D eigenvalue weighted by molar-refractivity contribution is 7.92. The quantitative estimate of drug-likeness (QED) is 0.570. The average molecular weight is 500 g/mol. The molecule has 10 heteroatoms. The SMILES string of the molecule is CCNC(=O)C(C)N(Cc1ccccc1C)C(=O)CN(c1ccc(Cl)cc1Cl)S(C)(=O)=O. The molecule has 1 N–H and O–H groups in total. The van der Waals surface area contributed by atoms with E-state index in [9.17, 15) is 18.0 Å². The van der Waals surface area contributed by atoms with Crippen LogP contribution in [-0.4, -0.2) is 50.5 Å². The molecule has 0 heterocycles. The van der Waals surface area contributed by atoms with Gasteiger partial charge in [0.2, 0.25) is 21.8 Å². The van der Waals surface area contributed by atoms with Gasteiger partial charge in [-0.3, -0.25) is 13.9 Å². The number of rotatable bonds is 9. The Balaban J connectivity index is 2.43. The van der Waals surface area contributed by atoms with Gasteiger partial charge in [-0.05, 0) is 50.1 Å². The molecule has 2 aromatic carbocycles. The van der Waals surface area contributed by atoms with Crippen molar-refractivity contribution in [2.75, 3.05) is 23.7 Å². The molecular formula is C22H27Cl2N3O4S. The van der Waals surface area contributed by atoms with Crippen LogP contribution in [0.4, 0.5) is 5.69 Å². The summed E-state index contributed by atoms with van der Waals surface area (Å²) in [6.45, 7) is 5.34. The predicted molar refractivity (Wildman–Crippen MR) is 129 cm³/mol. The van der Waals surface area contributed by atoms with Crippen LogP contribution in [0.25, 0.3) is 0 Å². The van der Waals surface area contributed by atoms with Gasteiger partial charge >= 0.3 is 0 Å². The molecule has 32 heavy (non-hydrogen) atoms. The van der Waals surface area contributed by atoms with Gasteiger partial charge in [-0.1, -0.05) is 47.5 Å². The molecule has 0 spiro atoms. The second-order valence-corrected chi connectivity index (χ2v) is 10.1. The minimum atomic E-state index is -3.86. The Kier molecular flexibility index (Phi) is 8.95. The number of benzene rings is 2. The summed E-state index contributed by atoms with van der Waals surface area (Å²) >= 11 is 12.1. The monoisotopic (exact) mass is 499 g/mol. The molecule has 2 amide bonds. The van der Waals surface area contributed by atoms with Crippen LogP contribution in [-0.2, 0) is 26.2 Å². The molecule has 0 radical (unpaired) electrons. The van der Waals surface area contributed by atoms with Gasteiger partial charge in [-0.25, -0.2) is 8.42 Å². The summed E-state index contributed by atoms with van der Waals surface area (Å²) in [6, 6.07) is 11.0. The van der Waals surface area contributed by atoms with Crippen LogP contribution in [0.5, 0.6) is 0 Å². The van der Waals surface area contributed by atoms with E-state index in [2.05, 4.69) is 5.32 Å². The van der Waals surface area contributed by atoms with E-state index in [4.69, 9.17) is 23.2 Å². The summed E-state index contributed by atoms with van der Waals surface area (Å²) < 4.78 is 26.0. The summed E-state index contributed by atoms with van der Waals surface area (Å²) in [5.74, 6) is -0.867. The first-order chi connectivity index (χ1) is 15.0. The molecule has 0 fully saturated rings. The van der Waals surface area contributed by atoms with Crippen molar-refractivity contribution >= 4 is 50.7 Å². The molecule has 0 aliphatic heterocycles. The molecule has 0 aromatic heterocycles. The zero-order valence-electron chi connectivity index (χ0n) is 18.4. The van der Waals surface area contributed by atoms with Crippen molar-refractivity contribution in [1.82, 2.24) is 10.2 Å². The third kappa shape index (κ3) is 6.60. The van der Waals surface area contributed by atoms with Gasteiger partial charge in [-0.15, -0.1) is 0 Å². The van der Waals surface area contributed by atoms with E-state index in [-0.39, 0.29) is 23.2 Å². The molecule has 174 valence electrons. The molecule has 2 rings (SSSR count). The lowest BCUT2D eigenvalue weighted by Gasteiger charge is -2.32. The lowest BCUT2D eigenvalue weighted by molar-refractivity contribution is -0.139. The van der Waals surface area contributed by atoms with Gasteiger partial charge in [-0.2, -0.15) is 0 Å². The minimum Gasteiger partial charge on any atom is -0.355 e. The number of hydrogen-bond acceptors (Lipinski definition) is 4. The summed E-state index contributed by atoms with van der Waals surface area (Å²) in [5, 5.41) is 3.14. The molecule has 0 aliphatic rings. The first-order valence-corrected chi connectivity index (χ1v) is 12.6. The maximum absolute atomic E-state index is 13.4. The van der Waals surface area contributed by atoms with Crippen LogP contribution in [0.15, 0.2) is 42.5 Å². The van der Waals surface area contributed by atoms with Gasteiger partial charge in [0.25, 0.3) is 0 Å². The number of nitrogens with one attached hydrogen (secondary N) is 1. The number of carbonyl (C=O) groups is 2. The fourth-order valence-corrected chi connectivity index (χ4v) is 4.58. The van der Waals surface area contributed by atoms with Gasteiger partial charge in [0, 0.05) is 18.1 Å². The highest BCUT2D eigenvalue weighted by atomic mass is 35.5. The number of likely N-dealkylation sites (N-methyl/N-ethyl adjacent to an activating group) is 1. The van der Waals surface area contributed by atoms with Gasteiger partial charge in [0.05, 0.1) is 17.0 Å². The Morgan fingerprint density at radius 2 is 1.78 bits per heavy atom. The highest BCUT2D eigenvalue weighted by Gasteiger charge is 2.30. The van der Waals surface area contributed by atoms with Crippen LogP contribution < -0.4 is 9.62 Å². The number of hydrogen-bond donors (Lipinski definition) is 1. The van der Waals surface area contributed by atoms with Gasteiger partial charge in [0.15, 0.2) is 0 Å². The van der Waals surface area contributed by atoms with E-state index in [1.165, 1.54) is 23.1 Å². The molecular weight excluding hydrogens is 473 g/mol. The summed E-state index contributed by atoms with van der Waals surface area (Å²) in [4.78, 5) is 27.3. The zero-order valence-corrected chi connectivity index (χ0v) is 20.8. The number of anilines is 1. The number of sulfonamides is 1. The molecule has 1 unspecified atom stereocenters. The molecule has 0 aliphatic carbocycles. The van der Waals surface area contributed by atoms with Crippen molar-refractivity contribution in [1.29, 1.82) is 0 Å². The predicted octanol–water partition coefficient (Wildman–Crippen LogP) is 3.62. The molecule has 7 nitrogen and oxygen atoms in total. The third-order valence-corrected chi connectivity index (χ3v) is 6.64. The number of aryl methyl sites for hydroxylation is 1. The van der Waals surface area contributed by atoms with E-state index in [0.717, 1.165) is 21.7 Å². The molecule has 0 saturated carbocycles. The van der Waals surface area contributed by atoms with Crippen LogP contribution in [0, 0.1) is 6.92 Å². The fourth-order valence-electron chi connectivity index (χ4n) is 3.15. The number of halogens is 2. The van der Waals surface area contributed by atoms with Crippen LogP contribution in [0.2, 0.25) is 10.0 Å². The van der Waals surface area contributed by atoms with Crippen LogP contribution in [0.1, 0.15) is 25.0 Å². The lowest BCUT2D eigenvalue weighted by atomic mass is 10.1. The van der Waals surface area contributed by atoms with Gasteiger partial charge in [0.1, 0.15) is 12.6 Å². The first kappa shape index (κ1) is 26.0. The summed E-state index contributed by atoms with van der Waals surface area (Å²) in [5.41, 5.74) is 1.94. The molecule has 2 aromatic rings. The number of carbonyl (C=O) groups excluding carboxylic acids is 2. The van der Waals surface area contributed by atoms with Crippen LogP contribution in [0.3, 0.4) is 0 Å². The lowest BCUT2D eigenvalue weighted by Crippen LogP contribution is -2.51. The molecule has 0 bridgehead atoms. The van der Waals surface area contributed by atoms with Crippen molar-refractivity contribution in [3.8, 4) is 0 Å². The average Bonchev–Trinajstić information content (AvgIpc) is 2.70. The Morgan fingerprint density at radius 3 is 2.34 bits per heavy atom. The number of nitrogens with zero attached hydrogens (tertiary/aromatic N) is 2. The Morgan fingerprint density at radius 1 is 1.12 bits per heavy atom. The minimum absolute atomic E-state index is 0.0953. The van der Waals surface area contributed by atoms with Crippen molar-refractivity contribution in [3.63, 3.8) is 0 Å². The Labute approximate surface area is 199 Å². The molecule has 1 atom stereocenters. The van der Waals surface area contributed by atoms with Crippen molar-refractivity contribution in [3.05, 3.63) is 63.6 Å². The third-order valence-electron chi connectivity index (χ3n) is 4.98. The standard InChI is InChI=1S/C22H27Cl2N3O4S/c1-5-25-22(29)16(3)26(13-17-9-7-6-8-15(17)2)21(28)14-27(32(4,30)31)20-11-10-18(23)12-19(20)24/h6-12,16H,5,13-14H2,1-4H3,(H,25,29). The second-order valence-electron chi connectivity index (χ2n) is 7.38. The highest BCUT2D eigenvalue weighted by Crippen LogP contribution is 2.30. The van der Waals surface area contributed by atoms with E-state index >= 15 is 0 Å². The smallest absolute Gasteiger partial charge is 0.244 e. The Hall–Kier alpha value is -2.29. The molecule has 0 saturated heterocycles. The normalized spacial score (nSPS) is 12.2. The summed E-state index contributed by atoms with van der Waals surface area (Å²) in [7, 11) is -3.86. The Bertz CT molecular complexity index is 1090.